The number of hydrogen-bond acceptors (Lipinski definition) is 4. The highest BCUT2D eigenvalue weighted by Gasteiger charge is 2.33. The number of anilines is 1. The van der Waals surface area contributed by atoms with Crippen molar-refractivity contribution in [2.45, 2.75) is 0 Å². The van der Waals surface area contributed by atoms with E-state index in [2.05, 4.69) is 0 Å². The summed E-state index contributed by atoms with van der Waals surface area (Å²) < 4.78 is 6.29. The quantitative estimate of drug-likeness (QED) is 0.299. The molecule has 1 fully saturated rings. The zero-order valence-electron chi connectivity index (χ0n) is 14.0. The summed E-state index contributed by atoms with van der Waals surface area (Å²) >= 11 is 24.8. The number of rotatable bonds is 3. The van der Waals surface area contributed by atoms with Crippen molar-refractivity contribution >= 4 is 80.8 Å². The maximum absolute atomic E-state index is 12.8. The third-order valence-electron chi connectivity index (χ3n) is 3.97. The van der Waals surface area contributed by atoms with E-state index in [1.54, 1.807) is 60.7 Å². The fourth-order valence-corrected chi connectivity index (χ4v) is 4.46. The molecule has 1 aliphatic heterocycles. The maximum Gasteiger partial charge on any atom is 0.270 e. The van der Waals surface area contributed by atoms with Gasteiger partial charge in [0.25, 0.3) is 5.91 Å². The van der Waals surface area contributed by atoms with Crippen LogP contribution in [-0.4, -0.2) is 10.2 Å². The van der Waals surface area contributed by atoms with Gasteiger partial charge in [-0.05, 0) is 54.6 Å². The SMILES string of the molecule is O=C1/C(=C/c2ccc(-c3cc(Cl)ccc3Cl)o2)SC(=S)N1c1ccc(Cl)cc1. The monoisotopic (exact) mass is 465 g/mol. The van der Waals surface area contributed by atoms with Crippen molar-refractivity contribution in [3.8, 4) is 11.3 Å². The minimum Gasteiger partial charge on any atom is -0.457 e. The molecule has 1 aromatic heterocycles. The summed E-state index contributed by atoms with van der Waals surface area (Å²) in [7, 11) is 0. The molecule has 0 spiro atoms. The predicted molar refractivity (Wildman–Crippen MR) is 121 cm³/mol. The van der Waals surface area contributed by atoms with Crippen LogP contribution >= 0.6 is 58.8 Å². The van der Waals surface area contributed by atoms with Crippen LogP contribution in [0.2, 0.25) is 15.1 Å². The summed E-state index contributed by atoms with van der Waals surface area (Å²) in [5.41, 5.74) is 1.35. The summed E-state index contributed by atoms with van der Waals surface area (Å²) in [5.74, 6) is 0.866. The molecule has 0 radical (unpaired) electrons. The van der Waals surface area contributed by atoms with Gasteiger partial charge in [-0.25, -0.2) is 0 Å². The van der Waals surface area contributed by atoms with Crippen LogP contribution < -0.4 is 4.90 Å². The van der Waals surface area contributed by atoms with Gasteiger partial charge in [0.05, 0.1) is 15.6 Å². The molecule has 1 saturated heterocycles. The molecule has 2 aromatic carbocycles. The minimum absolute atomic E-state index is 0.212. The van der Waals surface area contributed by atoms with Crippen molar-refractivity contribution in [1.29, 1.82) is 0 Å². The Hall–Kier alpha value is -1.76. The number of thiocarbonyl (C=S) groups is 1. The molecule has 0 N–H and O–H groups in total. The lowest BCUT2D eigenvalue weighted by Crippen LogP contribution is -2.27. The lowest BCUT2D eigenvalue weighted by Gasteiger charge is -2.14. The van der Waals surface area contributed by atoms with E-state index >= 15 is 0 Å². The van der Waals surface area contributed by atoms with Gasteiger partial charge in [0.15, 0.2) is 4.32 Å². The lowest BCUT2D eigenvalue weighted by molar-refractivity contribution is -0.113. The van der Waals surface area contributed by atoms with Crippen LogP contribution in [0.15, 0.2) is 63.9 Å². The molecule has 1 aliphatic rings. The van der Waals surface area contributed by atoms with E-state index in [1.807, 2.05) is 0 Å². The average Bonchev–Trinajstić information content (AvgIpc) is 3.23. The molecule has 0 saturated carbocycles. The fourth-order valence-electron chi connectivity index (χ4n) is 2.67. The molecule has 0 aliphatic carbocycles. The molecule has 3 aromatic rings. The highest BCUT2D eigenvalue weighted by molar-refractivity contribution is 8.27. The molecule has 0 unspecified atom stereocenters. The number of carbonyl (C=O) groups excluding carboxylic acids is 1. The van der Waals surface area contributed by atoms with Crippen LogP contribution in [0.5, 0.6) is 0 Å². The van der Waals surface area contributed by atoms with Crippen molar-refractivity contribution < 1.29 is 9.21 Å². The Morgan fingerprint density at radius 2 is 1.68 bits per heavy atom. The average molecular weight is 467 g/mol. The second-order valence-electron chi connectivity index (χ2n) is 5.82. The molecular weight excluding hydrogens is 457 g/mol. The van der Waals surface area contributed by atoms with Crippen molar-refractivity contribution in [2.24, 2.45) is 0 Å². The van der Waals surface area contributed by atoms with E-state index < -0.39 is 0 Å². The van der Waals surface area contributed by atoms with E-state index in [0.29, 0.717) is 47.1 Å². The number of halogens is 3. The summed E-state index contributed by atoms with van der Waals surface area (Å²) in [5, 5.41) is 1.67. The molecule has 140 valence electrons. The van der Waals surface area contributed by atoms with Crippen LogP contribution in [0.25, 0.3) is 17.4 Å². The van der Waals surface area contributed by atoms with Crippen LogP contribution in [0.3, 0.4) is 0 Å². The van der Waals surface area contributed by atoms with Gasteiger partial charge in [0.1, 0.15) is 11.5 Å². The molecule has 28 heavy (non-hydrogen) atoms. The van der Waals surface area contributed by atoms with Gasteiger partial charge in [-0.3, -0.25) is 9.69 Å². The normalized spacial score (nSPS) is 15.7. The molecule has 0 atom stereocenters. The van der Waals surface area contributed by atoms with E-state index in [4.69, 9.17) is 51.4 Å². The largest absolute Gasteiger partial charge is 0.457 e. The van der Waals surface area contributed by atoms with Crippen molar-refractivity contribution in [3.05, 3.63) is 80.3 Å². The second kappa shape index (κ2) is 7.93. The highest BCUT2D eigenvalue weighted by Crippen LogP contribution is 2.37. The van der Waals surface area contributed by atoms with E-state index in [0.717, 1.165) is 0 Å². The second-order valence-corrected chi connectivity index (χ2v) is 8.78. The standard InChI is InChI=1S/C20H10Cl3NO2S2/c21-11-1-4-13(5-2-11)24-19(25)18(28-20(24)27)10-14-6-8-17(26-14)15-9-12(22)3-7-16(15)23/h1-10H/b18-10-. The molecule has 0 bridgehead atoms. The summed E-state index contributed by atoms with van der Waals surface area (Å²) in [6, 6.07) is 15.6. The number of thioether (sulfide) groups is 1. The number of nitrogens with zero attached hydrogens (tertiary/aromatic N) is 1. The maximum atomic E-state index is 12.8. The number of hydrogen-bond donors (Lipinski definition) is 0. The number of amides is 1. The Labute approximate surface area is 185 Å². The van der Waals surface area contributed by atoms with Gasteiger partial charge in [0, 0.05) is 21.7 Å². The van der Waals surface area contributed by atoms with Gasteiger partial charge < -0.3 is 4.42 Å². The van der Waals surface area contributed by atoms with Crippen LogP contribution in [-0.2, 0) is 4.79 Å². The molecule has 2 heterocycles. The zero-order valence-corrected chi connectivity index (χ0v) is 17.9. The van der Waals surface area contributed by atoms with Gasteiger partial charge in [0.2, 0.25) is 0 Å². The molecule has 1 amide bonds. The topological polar surface area (TPSA) is 33.5 Å². The van der Waals surface area contributed by atoms with Gasteiger partial charge in [-0.2, -0.15) is 0 Å². The zero-order chi connectivity index (χ0) is 19.8. The Bertz CT molecular complexity index is 1120. The number of furan rings is 1. The van der Waals surface area contributed by atoms with Crippen LogP contribution in [0.4, 0.5) is 5.69 Å². The Morgan fingerprint density at radius 1 is 0.964 bits per heavy atom. The first-order valence-corrected chi connectivity index (χ1v) is 10.4. The lowest BCUT2D eigenvalue weighted by atomic mass is 10.2. The molecular formula is C20H10Cl3NO2S2. The fraction of sp³-hybridized carbons (Fsp3) is 0. The van der Waals surface area contributed by atoms with Gasteiger partial charge >= 0.3 is 0 Å². The van der Waals surface area contributed by atoms with E-state index in [9.17, 15) is 4.79 Å². The first-order chi connectivity index (χ1) is 13.4. The first-order valence-electron chi connectivity index (χ1n) is 8.01. The third-order valence-corrected chi connectivity index (χ3v) is 6.09. The minimum atomic E-state index is -0.212. The van der Waals surface area contributed by atoms with Crippen LogP contribution in [0.1, 0.15) is 5.76 Å². The van der Waals surface area contributed by atoms with Crippen molar-refractivity contribution in [1.82, 2.24) is 0 Å². The predicted octanol–water partition coefficient (Wildman–Crippen LogP) is 7.31. The highest BCUT2D eigenvalue weighted by atomic mass is 35.5. The third kappa shape index (κ3) is 3.86. The van der Waals surface area contributed by atoms with Gasteiger partial charge in [-0.15, -0.1) is 0 Å². The molecule has 4 rings (SSSR count). The molecule has 8 heteroatoms. The summed E-state index contributed by atoms with van der Waals surface area (Å²) in [4.78, 5) is 14.8. The first kappa shape index (κ1) is 19.6. The Kier molecular flexibility index (Phi) is 5.54. The Balaban J connectivity index is 1.62. The van der Waals surface area contributed by atoms with Crippen molar-refractivity contribution in [2.75, 3.05) is 4.90 Å². The smallest absolute Gasteiger partial charge is 0.270 e. The summed E-state index contributed by atoms with van der Waals surface area (Å²) in [6.07, 6.45) is 1.66. The molecule has 3 nitrogen and oxygen atoms in total. The Morgan fingerprint density at radius 3 is 2.43 bits per heavy atom. The van der Waals surface area contributed by atoms with E-state index in [-0.39, 0.29) is 5.91 Å². The van der Waals surface area contributed by atoms with Crippen LogP contribution in [0, 0.1) is 0 Å². The van der Waals surface area contributed by atoms with Gasteiger partial charge in [-0.1, -0.05) is 58.8 Å². The number of benzene rings is 2. The summed E-state index contributed by atoms with van der Waals surface area (Å²) in [6.45, 7) is 0. The van der Waals surface area contributed by atoms with E-state index in [1.165, 1.54) is 16.7 Å². The van der Waals surface area contributed by atoms with Crippen molar-refractivity contribution in [3.63, 3.8) is 0 Å². The number of carbonyl (C=O) groups is 1.